The Hall–Kier alpha value is -3.81. The number of nitriles is 1. The number of nitrogens with zero attached hydrogens (tertiary/aromatic N) is 1. The molecule has 0 aliphatic heterocycles. The number of carbonyl (C=O) groups is 3. The molecule has 4 rings (SSSR count). The molecule has 0 atom stereocenters. The molecule has 2 aromatic carbocycles. The smallest absolute Gasteiger partial charge is 0.329 e. The minimum absolute atomic E-state index is 0.228. The van der Waals surface area contributed by atoms with E-state index in [1.165, 1.54) is 0 Å². The van der Waals surface area contributed by atoms with Gasteiger partial charge in [0.15, 0.2) is 0 Å². The van der Waals surface area contributed by atoms with Crippen molar-refractivity contribution < 1.29 is 29.0 Å². The lowest BCUT2D eigenvalue weighted by Gasteiger charge is -2.63. The van der Waals surface area contributed by atoms with Crippen LogP contribution in [0.1, 0.15) is 65.4 Å². The summed E-state index contributed by atoms with van der Waals surface area (Å²) in [7, 11) is 0. The van der Waals surface area contributed by atoms with E-state index < -0.39 is 22.2 Å². The molecule has 0 aromatic heterocycles. The molecule has 0 radical (unpaired) electrons. The molecule has 2 aromatic rings. The predicted octanol–water partition coefficient (Wildman–Crippen LogP) is 5.61. The third-order valence-electron chi connectivity index (χ3n) is 8.71. The summed E-state index contributed by atoms with van der Waals surface area (Å²) in [5.74, 6) is -0.982. The number of carboxylic acid groups (broad SMARTS) is 1. The zero-order chi connectivity index (χ0) is 32.1. The number of carboxylic acids is 1. The number of hydrogen-bond donors (Lipinski definition) is 4. The average Bonchev–Trinajstić information content (AvgIpc) is 3.79. The van der Waals surface area contributed by atoms with Gasteiger partial charge in [0.05, 0.1) is 10.6 Å². The maximum atomic E-state index is 13.5. The molecule has 0 heterocycles. The highest BCUT2D eigenvalue weighted by molar-refractivity contribution is 6.31. The van der Waals surface area contributed by atoms with Crippen LogP contribution in [0.4, 0.5) is 11.4 Å². The van der Waals surface area contributed by atoms with Crippen molar-refractivity contribution in [3.8, 4) is 11.8 Å². The molecular weight excluding hydrogens is 584 g/mol. The number of unbranched alkanes of at least 4 members (excludes halogenated alkanes) is 2. The Morgan fingerprint density at radius 2 is 1.64 bits per heavy atom. The highest BCUT2D eigenvalue weighted by Crippen LogP contribution is 2.57. The molecule has 11 heteroatoms. The lowest BCUT2D eigenvalue weighted by atomic mass is 9.49. The fourth-order valence-electron chi connectivity index (χ4n) is 6.37. The topological polar surface area (TPSA) is 150 Å². The van der Waals surface area contributed by atoms with Gasteiger partial charge in [-0.2, -0.15) is 5.26 Å². The number of anilines is 2. The largest absolute Gasteiger partial charge is 0.489 e. The SMILES string of the molecule is CC1(C)[C@H](NC(=O)C2(C(=O)Nc3ccc(NCCCCCOCC(=O)O)cc3)CC2)C(C)(C)[C@H]1Oc1ccc(C#N)c(Cl)c1. The van der Waals surface area contributed by atoms with Crippen LogP contribution in [0.2, 0.25) is 5.02 Å². The minimum atomic E-state index is -1.09. The van der Waals surface area contributed by atoms with Gasteiger partial charge in [0.1, 0.15) is 29.9 Å². The Labute approximate surface area is 263 Å². The Balaban J connectivity index is 1.26. The first-order valence-electron chi connectivity index (χ1n) is 14.9. The van der Waals surface area contributed by atoms with E-state index in [1.807, 2.05) is 58.0 Å². The van der Waals surface area contributed by atoms with Crippen molar-refractivity contribution in [2.24, 2.45) is 16.2 Å². The van der Waals surface area contributed by atoms with E-state index in [1.54, 1.807) is 18.2 Å². The summed E-state index contributed by atoms with van der Waals surface area (Å²) in [5, 5.41) is 27.5. The molecule has 2 amide bonds. The summed E-state index contributed by atoms with van der Waals surface area (Å²) in [6, 6.07) is 14.2. The average molecular weight is 625 g/mol. The number of rotatable bonds is 15. The molecule has 4 N–H and O–H groups in total. The Morgan fingerprint density at radius 3 is 2.23 bits per heavy atom. The third kappa shape index (κ3) is 7.28. The number of hydrogen-bond acceptors (Lipinski definition) is 7. The van der Waals surface area contributed by atoms with Gasteiger partial charge in [0, 0.05) is 47.5 Å². The number of benzene rings is 2. The van der Waals surface area contributed by atoms with Crippen molar-refractivity contribution in [3.05, 3.63) is 53.1 Å². The normalized spacial score (nSPS) is 20.4. The monoisotopic (exact) mass is 624 g/mol. The molecule has 0 bridgehead atoms. The second kappa shape index (κ2) is 13.4. The molecule has 2 saturated carbocycles. The Morgan fingerprint density at radius 1 is 0.977 bits per heavy atom. The van der Waals surface area contributed by atoms with Crippen LogP contribution in [0.5, 0.6) is 5.75 Å². The number of amides is 2. The fraction of sp³-hybridized carbons (Fsp3) is 0.515. The molecule has 10 nitrogen and oxygen atoms in total. The molecule has 236 valence electrons. The summed E-state index contributed by atoms with van der Waals surface area (Å²) >= 11 is 6.20. The van der Waals surface area contributed by atoms with Gasteiger partial charge in [0.2, 0.25) is 11.8 Å². The van der Waals surface area contributed by atoms with Crippen molar-refractivity contribution in [2.45, 2.75) is 71.9 Å². The van der Waals surface area contributed by atoms with Gasteiger partial charge in [-0.3, -0.25) is 9.59 Å². The van der Waals surface area contributed by atoms with E-state index >= 15 is 0 Å². The lowest BCUT2D eigenvalue weighted by molar-refractivity contribution is -0.175. The third-order valence-corrected chi connectivity index (χ3v) is 9.02. The number of ether oxygens (including phenoxy) is 2. The van der Waals surface area contributed by atoms with Gasteiger partial charge in [0.25, 0.3) is 0 Å². The zero-order valence-corrected chi connectivity index (χ0v) is 26.4. The first-order valence-corrected chi connectivity index (χ1v) is 15.3. The van der Waals surface area contributed by atoms with Crippen LogP contribution >= 0.6 is 11.6 Å². The van der Waals surface area contributed by atoms with Crippen molar-refractivity contribution in [1.29, 1.82) is 5.26 Å². The minimum Gasteiger partial charge on any atom is -0.489 e. The number of halogens is 1. The van der Waals surface area contributed by atoms with Crippen molar-refractivity contribution in [1.82, 2.24) is 5.32 Å². The first kappa shape index (κ1) is 33.1. The Bertz CT molecular complexity index is 1400. The second-order valence-corrected chi connectivity index (χ2v) is 13.3. The van der Waals surface area contributed by atoms with Crippen LogP contribution in [0.15, 0.2) is 42.5 Å². The molecule has 0 saturated heterocycles. The molecule has 2 fully saturated rings. The molecular formula is C33H41ClN4O6. The van der Waals surface area contributed by atoms with Gasteiger partial charge in [-0.1, -0.05) is 39.3 Å². The number of aliphatic carboxylic acids is 1. The summed E-state index contributed by atoms with van der Waals surface area (Å²) < 4.78 is 11.3. The van der Waals surface area contributed by atoms with Crippen LogP contribution < -0.4 is 20.7 Å². The van der Waals surface area contributed by atoms with Crippen LogP contribution in [0.3, 0.4) is 0 Å². The summed E-state index contributed by atoms with van der Waals surface area (Å²) in [4.78, 5) is 37.3. The van der Waals surface area contributed by atoms with Gasteiger partial charge in [-0.05, 0) is 68.5 Å². The van der Waals surface area contributed by atoms with Crippen LogP contribution in [0, 0.1) is 27.6 Å². The van der Waals surface area contributed by atoms with Gasteiger partial charge in [-0.15, -0.1) is 0 Å². The zero-order valence-electron chi connectivity index (χ0n) is 25.7. The summed E-state index contributed by atoms with van der Waals surface area (Å²) in [6.07, 6.45) is 3.37. The molecule has 0 spiro atoms. The number of carbonyl (C=O) groups excluding carboxylic acids is 2. The van der Waals surface area contributed by atoms with Gasteiger partial charge >= 0.3 is 5.97 Å². The van der Waals surface area contributed by atoms with Crippen molar-refractivity contribution in [3.63, 3.8) is 0 Å². The quantitative estimate of drug-likeness (QED) is 0.147. The first-order chi connectivity index (χ1) is 20.8. The lowest BCUT2D eigenvalue weighted by Crippen LogP contribution is -2.75. The predicted molar refractivity (Wildman–Crippen MR) is 168 cm³/mol. The van der Waals surface area contributed by atoms with Crippen molar-refractivity contribution >= 4 is 40.8 Å². The van der Waals surface area contributed by atoms with E-state index in [9.17, 15) is 14.4 Å². The van der Waals surface area contributed by atoms with E-state index in [4.69, 9.17) is 31.4 Å². The Kier molecular flexibility index (Phi) is 10.1. The second-order valence-electron chi connectivity index (χ2n) is 12.8. The van der Waals surface area contributed by atoms with E-state index in [0.717, 1.165) is 31.5 Å². The van der Waals surface area contributed by atoms with Gasteiger partial charge in [-0.25, -0.2) is 4.79 Å². The van der Waals surface area contributed by atoms with Crippen molar-refractivity contribution in [2.75, 3.05) is 30.4 Å². The van der Waals surface area contributed by atoms with Crippen LogP contribution in [-0.2, 0) is 19.1 Å². The van der Waals surface area contributed by atoms with Crippen LogP contribution in [0.25, 0.3) is 0 Å². The highest BCUT2D eigenvalue weighted by Gasteiger charge is 2.66. The molecule has 2 aliphatic carbocycles. The maximum absolute atomic E-state index is 13.5. The van der Waals surface area contributed by atoms with E-state index in [0.29, 0.717) is 41.5 Å². The van der Waals surface area contributed by atoms with Crippen LogP contribution in [-0.4, -0.2) is 54.8 Å². The molecule has 0 unspecified atom stereocenters. The molecule has 2 aliphatic rings. The molecule has 44 heavy (non-hydrogen) atoms. The summed E-state index contributed by atoms with van der Waals surface area (Å²) in [6.45, 7) is 9.06. The van der Waals surface area contributed by atoms with E-state index in [-0.39, 0.29) is 30.6 Å². The standard InChI is InChI=1S/C33H41ClN4O6/c1-31(2)27(32(3,4)28(31)44-24-13-8-21(19-35)25(34)18-24)38-30(42)33(14-15-33)29(41)37-23-11-9-22(10-12-23)36-16-6-5-7-17-43-20-26(39)40/h8-13,18,27-28,36H,5-7,14-17,20H2,1-4H3,(H,37,41)(H,38,42)(H,39,40)/t27-,28-. The highest BCUT2D eigenvalue weighted by atomic mass is 35.5. The number of nitrogens with one attached hydrogen (secondary N) is 3. The van der Waals surface area contributed by atoms with E-state index in [2.05, 4.69) is 16.0 Å². The summed E-state index contributed by atoms with van der Waals surface area (Å²) in [5.41, 5.74) is -0.0360. The fourth-order valence-corrected chi connectivity index (χ4v) is 6.58. The van der Waals surface area contributed by atoms with Gasteiger partial charge < -0.3 is 30.5 Å². The maximum Gasteiger partial charge on any atom is 0.329 e.